The van der Waals surface area contributed by atoms with Crippen LogP contribution in [0.4, 0.5) is 4.39 Å². The molecule has 0 atom stereocenters. The summed E-state index contributed by atoms with van der Waals surface area (Å²) >= 11 is 10.8. The highest BCUT2D eigenvalue weighted by molar-refractivity contribution is 9.10. The number of halogens is 3. The number of aryl methyl sites for hydroxylation is 1. The van der Waals surface area contributed by atoms with Gasteiger partial charge in [0.2, 0.25) is 0 Å². The zero-order chi connectivity index (χ0) is 10.7. The van der Waals surface area contributed by atoms with Gasteiger partial charge in [0.25, 0.3) is 0 Å². The molecule has 0 heterocycles. The van der Waals surface area contributed by atoms with E-state index < -0.39 is 0 Å². The molecule has 14 heavy (non-hydrogen) atoms. The van der Waals surface area contributed by atoms with E-state index in [1.807, 2.05) is 0 Å². The van der Waals surface area contributed by atoms with Crippen LogP contribution in [0.2, 0.25) is 5.02 Å². The Morgan fingerprint density at radius 1 is 1.57 bits per heavy atom. The van der Waals surface area contributed by atoms with Crippen LogP contribution < -0.4 is 0 Å². The largest absolute Gasteiger partial charge is 0.206 e. The van der Waals surface area contributed by atoms with Crippen LogP contribution in [-0.4, -0.2) is 5.75 Å². The Balaban J connectivity index is 3.09. The van der Waals surface area contributed by atoms with Crippen molar-refractivity contribution in [2.24, 2.45) is 0 Å². The van der Waals surface area contributed by atoms with Crippen LogP contribution in [0.5, 0.6) is 0 Å². The molecule has 0 aliphatic heterocycles. The second-order valence-corrected chi connectivity index (χ2v) is 5.26. The van der Waals surface area contributed by atoms with Crippen LogP contribution in [0, 0.1) is 12.7 Å². The molecule has 0 amide bonds. The Labute approximate surface area is 101 Å². The summed E-state index contributed by atoms with van der Waals surface area (Å²) < 4.78 is 14.2. The van der Waals surface area contributed by atoms with Crippen LogP contribution >= 0.6 is 39.3 Å². The van der Waals surface area contributed by atoms with Gasteiger partial charge in [0, 0.05) is 0 Å². The average molecular weight is 298 g/mol. The molecule has 0 spiro atoms. The van der Waals surface area contributed by atoms with Gasteiger partial charge in [-0.1, -0.05) is 18.5 Å². The Morgan fingerprint density at radius 3 is 2.79 bits per heavy atom. The maximum absolute atomic E-state index is 13.5. The summed E-state index contributed by atoms with van der Waals surface area (Å²) in [6.07, 6.45) is 1.02. The minimum Gasteiger partial charge on any atom is -0.206 e. The van der Waals surface area contributed by atoms with Crippen molar-refractivity contribution < 1.29 is 4.39 Å². The van der Waals surface area contributed by atoms with Gasteiger partial charge in [-0.2, -0.15) is 0 Å². The Bertz CT molecular complexity index is 341. The first-order chi connectivity index (χ1) is 6.57. The van der Waals surface area contributed by atoms with Crippen molar-refractivity contribution in [1.82, 2.24) is 0 Å². The highest BCUT2D eigenvalue weighted by Crippen LogP contribution is 2.37. The lowest BCUT2D eigenvalue weighted by atomic mass is 10.2. The molecule has 1 aromatic carbocycles. The fraction of sp³-hybridized carbons (Fsp3) is 0.400. The van der Waals surface area contributed by atoms with E-state index in [1.54, 1.807) is 6.92 Å². The number of hydrogen-bond acceptors (Lipinski definition) is 1. The van der Waals surface area contributed by atoms with E-state index in [0.29, 0.717) is 14.4 Å². The third-order valence-corrected chi connectivity index (χ3v) is 4.82. The minimum absolute atomic E-state index is 0.197. The Hall–Kier alpha value is 0.270. The van der Waals surface area contributed by atoms with Crippen molar-refractivity contribution in [1.29, 1.82) is 0 Å². The van der Waals surface area contributed by atoms with Gasteiger partial charge in [-0.25, -0.2) is 4.39 Å². The van der Waals surface area contributed by atoms with Gasteiger partial charge in [-0.05, 0) is 46.7 Å². The third-order valence-electron chi connectivity index (χ3n) is 1.75. The second kappa shape index (κ2) is 5.38. The summed E-state index contributed by atoms with van der Waals surface area (Å²) in [5, 5.41) is 0.602. The van der Waals surface area contributed by atoms with Gasteiger partial charge in [-0.15, -0.1) is 11.8 Å². The number of hydrogen-bond donors (Lipinski definition) is 0. The summed E-state index contributed by atoms with van der Waals surface area (Å²) in [6, 6.07) is 1.48. The maximum atomic E-state index is 13.5. The van der Waals surface area contributed by atoms with Crippen molar-refractivity contribution in [2.75, 3.05) is 5.75 Å². The topological polar surface area (TPSA) is 0 Å². The van der Waals surface area contributed by atoms with Crippen molar-refractivity contribution in [3.63, 3.8) is 0 Å². The summed E-state index contributed by atoms with van der Waals surface area (Å²) in [6.45, 7) is 3.86. The normalized spacial score (nSPS) is 10.6. The van der Waals surface area contributed by atoms with Crippen molar-refractivity contribution >= 4 is 39.3 Å². The van der Waals surface area contributed by atoms with Crippen LogP contribution in [0.15, 0.2) is 15.4 Å². The fourth-order valence-electron chi connectivity index (χ4n) is 1.03. The van der Waals surface area contributed by atoms with Crippen LogP contribution in [-0.2, 0) is 0 Å². The molecule has 78 valence electrons. The first-order valence-electron chi connectivity index (χ1n) is 4.34. The first-order valence-corrected chi connectivity index (χ1v) is 6.50. The summed E-state index contributed by atoms with van der Waals surface area (Å²) in [5.74, 6) is 0.701. The second-order valence-electron chi connectivity index (χ2n) is 2.98. The van der Waals surface area contributed by atoms with E-state index in [2.05, 4.69) is 22.9 Å². The van der Waals surface area contributed by atoms with Gasteiger partial charge in [-0.3, -0.25) is 0 Å². The number of thioether (sulfide) groups is 1. The van der Waals surface area contributed by atoms with E-state index in [1.165, 1.54) is 17.8 Å². The molecule has 1 rings (SSSR count). The van der Waals surface area contributed by atoms with Gasteiger partial charge in [0.05, 0.1) is 14.4 Å². The van der Waals surface area contributed by atoms with E-state index in [0.717, 1.165) is 17.7 Å². The predicted octanol–water partition coefficient (Wildman–Crippen LogP) is 5.05. The first kappa shape index (κ1) is 12.3. The summed E-state index contributed by atoms with van der Waals surface area (Å²) in [4.78, 5) is 0.613. The van der Waals surface area contributed by atoms with Crippen molar-refractivity contribution in [3.8, 4) is 0 Å². The smallest absolute Gasteiger partial charge is 0.138 e. The molecule has 0 aliphatic carbocycles. The molecule has 0 saturated heterocycles. The highest BCUT2D eigenvalue weighted by atomic mass is 79.9. The maximum Gasteiger partial charge on any atom is 0.138 e. The Kier molecular flexibility index (Phi) is 4.74. The van der Waals surface area contributed by atoms with Crippen molar-refractivity contribution in [3.05, 3.63) is 26.9 Å². The van der Waals surface area contributed by atoms with Crippen LogP contribution in [0.1, 0.15) is 18.9 Å². The molecule has 0 radical (unpaired) electrons. The molecule has 0 fully saturated rings. The van der Waals surface area contributed by atoms with Crippen LogP contribution in [0.25, 0.3) is 0 Å². The zero-order valence-electron chi connectivity index (χ0n) is 8.03. The SMILES string of the molecule is CCCSc1c(F)cc(C)c(Cl)c1Br. The van der Waals surface area contributed by atoms with Crippen LogP contribution in [0.3, 0.4) is 0 Å². The lowest BCUT2D eigenvalue weighted by Crippen LogP contribution is -1.89. The molecule has 0 aromatic heterocycles. The molecular weight excluding hydrogens is 287 g/mol. The lowest BCUT2D eigenvalue weighted by molar-refractivity contribution is 0.598. The minimum atomic E-state index is -0.197. The Morgan fingerprint density at radius 2 is 2.21 bits per heavy atom. The molecule has 1 aromatic rings. The molecule has 0 bridgehead atoms. The standard InChI is InChI=1S/C10H11BrClFS/c1-3-4-14-10-7(13)5-6(2)9(12)8(10)11/h5H,3-4H2,1-2H3. The lowest BCUT2D eigenvalue weighted by Gasteiger charge is -2.08. The number of benzene rings is 1. The predicted molar refractivity (Wildman–Crippen MR) is 64.9 cm³/mol. The molecular formula is C10H11BrClFS. The van der Waals surface area contributed by atoms with E-state index >= 15 is 0 Å². The monoisotopic (exact) mass is 296 g/mol. The quantitative estimate of drug-likeness (QED) is 0.555. The summed E-state index contributed by atoms with van der Waals surface area (Å²) in [7, 11) is 0. The van der Waals surface area contributed by atoms with E-state index in [-0.39, 0.29) is 5.82 Å². The molecule has 0 nitrogen and oxygen atoms in total. The molecule has 0 N–H and O–H groups in total. The molecule has 4 heteroatoms. The average Bonchev–Trinajstić information content (AvgIpc) is 2.14. The van der Waals surface area contributed by atoms with Gasteiger partial charge < -0.3 is 0 Å². The van der Waals surface area contributed by atoms with E-state index in [4.69, 9.17) is 11.6 Å². The molecule has 0 aliphatic rings. The van der Waals surface area contributed by atoms with Gasteiger partial charge in [0.1, 0.15) is 5.82 Å². The molecule has 0 unspecified atom stereocenters. The number of rotatable bonds is 3. The third kappa shape index (κ3) is 2.65. The molecule has 0 saturated carbocycles. The van der Waals surface area contributed by atoms with Crippen molar-refractivity contribution in [2.45, 2.75) is 25.2 Å². The highest BCUT2D eigenvalue weighted by Gasteiger charge is 2.13. The summed E-state index contributed by atoms with van der Waals surface area (Å²) in [5.41, 5.74) is 0.761. The van der Waals surface area contributed by atoms with E-state index in [9.17, 15) is 4.39 Å². The van der Waals surface area contributed by atoms with Gasteiger partial charge in [0.15, 0.2) is 0 Å². The van der Waals surface area contributed by atoms with Gasteiger partial charge >= 0.3 is 0 Å². The zero-order valence-corrected chi connectivity index (χ0v) is 11.2. The fourth-order valence-corrected chi connectivity index (χ4v) is 2.92.